The average Bonchev–Trinajstić information content (AvgIpc) is 2.51. The molecule has 0 saturated carbocycles. The monoisotopic (exact) mass is 276 g/mol. The van der Waals surface area contributed by atoms with E-state index >= 15 is 0 Å². The molecule has 0 atom stereocenters. The molecule has 0 radical (unpaired) electrons. The Morgan fingerprint density at radius 2 is 1.30 bits per heavy atom. The maximum atomic E-state index is 2.19. The summed E-state index contributed by atoms with van der Waals surface area (Å²) in [5.74, 6) is 0. The van der Waals surface area contributed by atoms with E-state index in [0.717, 1.165) is 0 Å². The lowest BCUT2D eigenvalue weighted by Crippen LogP contribution is -1.82. The van der Waals surface area contributed by atoms with Crippen LogP contribution in [0, 0.1) is 6.92 Å². The average molecular weight is 276 g/mol. The highest BCUT2D eigenvalue weighted by Crippen LogP contribution is 2.35. The fraction of sp³-hybridized carbons (Fsp3) is 0.0526. The first kappa shape index (κ1) is 13.0. The van der Waals surface area contributed by atoms with E-state index in [9.17, 15) is 0 Å². The molecule has 3 aromatic carbocycles. The van der Waals surface area contributed by atoms with Gasteiger partial charge in [0.2, 0.25) is 0 Å². The highest BCUT2D eigenvalue weighted by molar-refractivity contribution is 7.99. The molecule has 0 heterocycles. The van der Waals surface area contributed by atoms with Gasteiger partial charge in [0.1, 0.15) is 0 Å². The molecule has 0 aliphatic carbocycles. The summed E-state index contributed by atoms with van der Waals surface area (Å²) < 4.78 is 0. The summed E-state index contributed by atoms with van der Waals surface area (Å²) in [6.45, 7) is 2.12. The van der Waals surface area contributed by atoms with E-state index in [1.54, 1.807) is 0 Å². The molecule has 0 nitrogen and oxygen atoms in total. The minimum atomic E-state index is 1.27. The van der Waals surface area contributed by atoms with Crippen molar-refractivity contribution in [1.82, 2.24) is 0 Å². The third-order valence-corrected chi connectivity index (χ3v) is 4.30. The highest BCUT2D eigenvalue weighted by Gasteiger charge is 2.05. The maximum Gasteiger partial charge on any atom is 0.0200 e. The van der Waals surface area contributed by atoms with Crippen LogP contribution in [0.25, 0.3) is 11.1 Å². The van der Waals surface area contributed by atoms with Crippen LogP contribution < -0.4 is 0 Å². The van der Waals surface area contributed by atoms with Crippen LogP contribution in [0.2, 0.25) is 0 Å². The van der Waals surface area contributed by atoms with E-state index < -0.39 is 0 Å². The first-order valence-electron chi connectivity index (χ1n) is 6.72. The van der Waals surface area contributed by atoms with Crippen LogP contribution in [0.5, 0.6) is 0 Å². The first-order valence-corrected chi connectivity index (χ1v) is 7.53. The van der Waals surface area contributed by atoms with Crippen LogP contribution in [0.15, 0.2) is 88.7 Å². The molecule has 20 heavy (non-hydrogen) atoms. The topological polar surface area (TPSA) is 0 Å². The van der Waals surface area contributed by atoms with Crippen LogP contribution in [-0.4, -0.2) is 0 Å². The Kier molecular flexibility index (Phi) is 3.89. The Morgan fingerprint density at radius 1 is 0.650 bits per heavy atom. The standard InChI is InChI=1S/C19H16S/c1-15-11-13-17(14-12-15)20-19-10-6-5-9-18(19)16-7-3-2-4-8-16/h2-14H,1H3. The summed E-state index contributed by atoms with van der Waals surface area (Å²) in [6, 6.07) is 27.8. The Bertz CT molecular complexity index is 684. The molecule has 0 aliphatic rings. The lowest BCUT2D eigenvalue weighted by Gasteiger charge is -2.09. The molecule has 0 spiro atoms. The minimum Gasteiger partial charge on any atom is -0.0895 e. The summed E-state index contributed by atoms with van der Waals surface area (Å²) in [7, 11) is 0. The van der Waals surface area contributed by atoms with Crippen LogP contribution in [0.1, 0.15) is 5.56 Å². The second-order valence-electron chi connectivity index (χ2n) is 4.78. The molecule has 3 rings (SSSR count). The van der Waals surface area contributed by atoms with E-state index in [4.69, 9.17) is 0 Å². The van der Waals surface area contributed by atoms with E-state index in [-0.39, 0.29) is 0 Å². The zero-order valence-corrected chi connectivity index (χ0v) is 12.2. The molecule has 0 bridgehead atoms. The van der Waals surface area contributed by atoms with Crippen molar-refractivity contribution in [3.8, 4) is 11.1 Å². The predicted molar refractivity (Wildman–Crippen MR) is 87.2 cm³/mol. The summed E-state index contributed by atoms with van der Waals surface area (Å²) in [6.07, 6.45) is 0. The van der Waals surface area contributed by atoms with Gasteiger partial charge in [-0.2, -0.15) is 0 Å². The van der Waals surface area contributed by atoms with Gasteiger partial charge in [0.15, 0.2) is 0 Å². The predicted octanol–water partition coefficient (Wildman–Crippen LogP) is 5.81. The molecule has 1 heteroatoms. The third kappa shape index (κ3) is 2.94. The summed E-state index contributed by atoms with van der Waals surface area (Å²) >= 11 is 1.82. The molecule has 0 amide bonds. The molecule has 0 unspecified atom stereocenters. The second kappa shape index (κ2) is 5.98. The van der Waals surface area contributed by atoms with Gasteiger partial charge in [-0.25, -0.2) is 0 Å². The zero-order valence-electron chi connectivity index (χ0n) is 11.4. The normalized spacial score (nSPS) is 10.4. The molecule has 0 aromatic heterocycles. The van der Waals surface area contributed by atoms with Gasteiger partial charge in [-0.15, -0.1) is 0 Å². The van der Waals surface area contributed by atoms with Gasteiger partial charge in [0, 0.05) is 9.79 Å². The number of hydrogen-bond donors (Lipinski definition) is 0. The molecule has 0 aliphatic heterocycles. The van der Waals surface area contributed by atoms with E-state index in [0.29, 0.717) is 0 Å². The second-order valence-corrected chi connectivity index (χ2v) is 5.89. The Morgan fingerprint density at radius 3 is 2.05 bits per heavy atom. The maximum absolute atomic E-state index is 2.19. The molecule has 98 valence electrons. The highest BCUT2D eigenvalue weighted by atomic mass is 32.2. The van der Waals surface area contributed by atoms with E-state index in [2.05, 4.69) is 85.8 Å². The van der Waals surface area contributed by atoms with Gasteiger partial charge in [0.25, 0.3) is 0 Å². The van der Waals surface area contributed by atoms with Crippen molar-refractivity contribution in [1.29, 1.82) is 0 Å². The summed E-state index contributed by atoms with van der Waals surface area (Å²) in [4.78, 5) is 2.57. The Hall–Kier alpha value is -1.99. The molecular formula is C19H16S. The van der Waals surface area contributed by atoms with Gasteiger partial charge >= 0.3 is 0 Å². The van der Waals surface area contributed by atoms with Gasteiger partial charge in [0.05, 0.1) is 0 Å². The SMILES string of the molecule is Cc1ccc(Sc2ccccc2-c2ccccc2)cc1. The molecule has 3 aromatic rings. The number of hydrogen-bond acceptors (Lipinski definition) is 1. The Labute approximate surface area is 124 Å². The van der Waals surface area contributed by atoms with Gasteiger partial charge < -0.3 is 0 Å². The van der Waals surface area contributed by atoms with Crippen molar-refractivity contribution in [2.45, 2.75) is 16.7 Å². The van der Waals surface area contributed by atoms with Crippen molar-refractivity contribution < 1.29 is 0 Å². The fourth-order valence-corrected chi connectivity index (χ4v) is 3.11. The van der Waals surface area contributed by atoms with Gasteiger partial charge in [-0.1, -0.05) is 78.0 Å². The van der Waals surface area contributed by atoms with Crippen LogP contribution in [0.4, 0.5) is 0 Å². The number of aryl methyl sites for hydroxylation is 1. The van der Waals surface area contributed by atoms with Gasteiger partial charge in [-0.05, 0) is 36.2 Å². The van der Waals surface area contributed by atoms with Crippen molar-refractivity contribution in [3.63, 3.8) is 0 Å². The Balaban J connectivity index is 1.96. The summed E-state index contributed by atoms with van der Waals surface area (Å²) in [5, 5.41) is 0. The molecular weight excluding hydrogens is 260 g/mol. The van der Waals surface area contributed by atoms with E-state index in [1.807, 2.05) is 11.8 Å². The van der Waals surface area contributed by atoms with E-state index in [1.165, 1.54) is 26.5 Å². The van der Waals surface area contributed by atoms with Crippen LogP contribution in [-0.2, 0) is 0 Å². The molecule has 0 N–H and O–H groups in total. The number of benzene rings is 3. The largest absolute Gasteiger partial charge is 0.0895 e. The number of rotatable bonds is 3. The summed E-state index contributed by atoms with van der Waals surface area (Å²) in [5.41, 5.74) is 3.85. The van der Waals surface area contributed by atoms with Crippen molar-refractivity contribution in [3.05, 3.63) is 84.4 Å². The molecule has 0 fully saturated rings. The quantitative estimate of drug-likeness (QED) is 0.581. The van der Waals surface area contributed by atoms with Crippen LogP contribution >= 0.6 is 11.8 Å². The lowest BCUT2D eigenvalue weighted by molar-refractivity contribution is 1.36. The third-order valence-electron chi connectivity index (χ3n) is 3.22. The lowest BCUT2D eigenvalue weighted by atomic mass is 10.1. The first-order chi connectivity index (χ1) is 9.83. The minimum absolute atomic E-state index is 1.27. The van der Waals surface area contributed by atoms with Crippen LogP contribution in [0.3, 0.4) is 0 Å². The van der Waals surface area contributed by atoms with Crippen molar-refractivity contribution >= 4 is 11.8 Å². The van der Waals surface area contributed by atoms with Gasteiger partial charge in [-0.3, -0.25) is 0 Å². The fourth-order valence-electron chi connectivity index (χ4n) is 2.15. The van der Waals surface area contributed by atoms with Crippen molar-refractivity contribution in [2.75, 3.05) is 0 Å². The smallest absolute Gasteiger partial charge is 0.0200 e. The van der Waals surface area contributed by atoms with Crippen molar-refractivity contribution in [2.24, 2.45) is 0 Å². The zero-order chi connectivity index (χ0) is 13.8. The molecule has 0 saturated heterocycles.